The van der Waals surface area contributed by atoms with Gasteiger partial charge in [-0.1, -0.05) is 12.1 Å². The van der Waals surface area contributed by atoms with Gasteiger partial charge in [-0.3, -0.25) is 14.2 Å². The maximum atomic E-state index is 12.1. The number of aromatic carboxylic acids is 1. The van der Waals surface area contributed by atoms with Crippen LogP contribution in [0.1, 0.15) is 15.9 Å². The number of hydrogen-bond acceptors (Lipinski definition) is 4. The molecule has 0 spiro atoms. The zero-order valence-corrected chi connectivity index (χ0v) is 12.7. The van der Waals surface area contributed by atoms with Gasteiger partial charge < -0.3 is 10.4 Å². The van der Waals surface area contributed by atoms with Crippen LogP contribution in [0, 0.1) is 0 Å². The molecule has 0 aliphatic rings. The van der Waals surface area contributed by atoms with E-state index in [9.17, 15) is 9.59 Å². The maximum absolute atomic E-state index is 12.1. The average Bonchev–Trinajstić information content (AvgIpc) is 3.19. The van der Waals surface area contributed by atoms with Gasteiger partial charge in [-0.15, -0.1) is 0 Å². The maximum Gasteiger partial charge on any atom is 0.338 e. The van der Waals surface area contributed by atoms with Crippen LogP contribution < -0.4 is 5.32 Å². The molecule has 3 aromatic rings. The molecular formula is C16H15N5O3. The van der Waals surface area contributed by atoms with E-state index in [1.807, 2.05) is 30.5 Å². The summed E-state index contributed by atoms with van der Waals surface area (Å²) < 4.78 is 3.07. The first-order valence-corrected chi connectivity index (χ1v) is 7.22. The van der Waals surface area contributed by atoms with Crippen molar-refractivity contribution in [2.75, 3.05) is 5.32 Å². The molecule has 122 valence electrons. The van der Waals surface area contributed by atoms with Crippen LogP contribution >= 0.6 is 0 Å². The smallest absolute Gasteiger partial charge is 0.338 e. The Morgan fingerprint density at radius 3 is 2.75 bits per heavy atom. The molecule has 2 heterocycles. The summed E-state index contributed by atoms with van der Waals surface area (Å²) in [7, 11) is 0. The molecule has 1 amide bonds. The Balaban J connectivity index is 1.62. The van der Waals surface area contributed by atoms with Crippen LogP contribution in [-0.4, -0.2) is 36.5 Å². The molecule has 0 radical (unpaired) electrons. The number of aromatic nitrogens is 4. The third-order valence-corrected chi connectivity index (χ3v) is 3.30. The Morgan fingerprint density at radius 2 is 2.04 bits per heavy atom. The lowest BCUT2D eigenvalue weighted by Crippen LogP contribution is -2.19. The van der Waals surface area contributed by atoms with Gasteiger partial charge in [0.05, 0.1) is 18.3 Å². The highest BCUT2D eigenvalue weighted by Crippen LogP contribution is 2.12. The second-order valence-electron chi connectivity index (χ2n) is 5.18. The first-order chi connectivity index (χ1) is 11.6. The van der Waals surface area contributed by atoms with Gasteiger partial charge in [-0.2, -0.15) is 10.2 Å². The monoisotopic (exact) mass is 325 g/mol. The van der Waals surface area contributed by atoms with E-state index in [-0.39, 0.29) is 18.0 Å². The number of carboxylic acids is 1. The number of hydrogen-bond donors (Lipinski definition) is 2. The summed E-state index contributed by atoms with van der Waals surface area (Å²) in [6.45, 7) is 0.550. The van der Waals surface area contributed by atoms with Crippen molar-refractivity contribution < 1.29 is 14.7 Å². The number of carbonyl (C=O) groups is 2. The molecule has 0 saturated heterocycles. The van der Waals surface area contributed by atoms with Gasteiger partial charge in [0.15, 0.2) is 0 Å². The van der Waals surface area contributed by atoms with Crippen molar-refractivity contribution in [3.63, 3.8) is 0 Å². The van der Waals surface area contributed by atoms with Gasteiger partial charge in [-0.05, 0) is 23.8 Å². The van der Waals surface area contributed by atoms with Crippen LogP contribution in [0.5, 0.6) is 0 Å². The van der Waals surface area contributed by atoms with Crippen LogP contribution in [0.25, 0.3) is 0 Å². The molecule has 0 unspecified atom stereocenters. The van der Waals surface area contributed by atoms with Crippen LogP contribution in [-0.2, 0) is 17.9 Å². The lowest BCUT2D eigenvalue weighted by Gasteiger charge is -2.08. The van der Waals surface area contributed by atoms with Crippen molar-refractivity contribution in [1.29, 1.82) is 0 Å². The molecule has 0 bridgehead atoms. The molecule has 8 heteroatoms. The summed E-state index contributed by atoms with van der Waals surface area (Å²) >= 11 is 0. The predicted octanol–water partition coefficient (Wildman–Crippen LogP) is 1.46. The average molecular weight is 325 g/mol. The summed E-state index contributed by atoms with van der Waals surface area (Å²) in [6.07, 6.45) is 6.10. The lowest BCUT2D eigenvalue weighted by atomic mass is 10.2. The summed E-state index contributed by atoms with van der Waals surface area (Å²) in [5.41, 5.74) is 1.71. The normalized spacial score (nSPS) is 10.5. The molecule has 0 aliphatic heterocycles. The highest BCUT2D eigenvalue weighted by atomic mass is 16.4. The van der Waals surface area contributed by atoms with E-state index in [2.05, 4.69) is 15.5 Å². The molecule has 0 saturated carbocycles. The van der Waals surface area contributed by atoms with Gasteiger partial charge in [0, 0.05) is 24.3 Å². The van der Waals surface area contributed by atoms with E-state index in [1.165, 1.54) is 17.1 Å². The second-order valence-corrected chi connectivity index (χ2v) is 5.18. The number of nitrogens with zero attached hydrogens (tertiary/aromatic N) is 4. The fourth-order valence-corrected chi connectivity index (χ4v) is 2.24. The van der Waals surface area contributed by atoms with E-state index in [0.717, 1.165) is 5.56 Å². The number of nitrogens with one attached hydrogen (secondary N) is 1. The van der Waals surface area contributed by atoms with Crippen molar-refractivity contribution in [2.24, 2.45) is 0 Å². The summed E-state index contributed by atoms with van der Waals surface area (Å²) in [5, 5.41) is 19.6. The van der Waals surface area contributed by atoms with Crippen LogP contribution in [0.3, 0.4) is 0 Å². The first kappa shape index (κ1) is 15.5. The zero-order valence-electron chi connectivity index (χ0n) is 12.7. The Hall–Kier alpha value is -3.42. The number of carboxylic acid groups (broad SMARTS) is 1. The van der Waals surface area contributed by atoms with Crippen molar-refractivity contribution in [3.8, 4) is 0 Å². The molecule has 0 fully saturated rings. The summed E-state index contributed by atoms with van der Waals surface area (Å²) in [4.78, 5) is 22.9. The first-order valence-electron chi connectivity index (χ1n) is 7.22. The Labute approximate surface area is 137 Å². The summed E-state index contributed by atoms with van der Waals surface area (Å²) in [5.74, 6) is -1.36. The fourth-order valence-electron chi connectivity index (χ4n) is 2.24. The number of rotatable bonds is 6. The lowest BCUT2D eigenvalue weighted by molar-refractivity contribution is -0.116. The quantitative estimate of drug-likeness (QED) is 0.714. The summed E-state index contributed by atoms with van der Waals surface area (Å²) in [6, 6.07) is 9.30. The Morgan fingerprint density at radius 1 is 1.17 bits per heavy atom. The minimum absolute atomic E-state index is 0.0454. The largest absolute Gasteiger partial charge is 0.478 e. The molecule has 1 aromatic carbocycles. The molecule has 3 rings (SSSR count). The SMILES string of the molecule is O=C(Cn1cc(C(=O)O)cn1)Nc1cccc(Cn2cccn2)c1. The standard InChI is InChI=1S/C16H15N5O3/c22-15(11-21-10-13(8-18-21)16(23)24)19-14-4-1-3-12(7-14)9-20-6-2-5-17-20/h1-8,10H,9,11H2,(H,19,22)(H,23,24). The predicted molar refractivity (Wildman–Crippen MR) is 85.6 cm³/mol. The van der Waals surface area contributed by atoms with E-state index in [0.29, 0.717) is 12.2 Å². The molecule has 2 N–H and O–H groups in total. The fraction of sp³-hybridized carbons (Fsp3) is 0.125. The third-order valence-electron chi connectivity index (χ3n) is 3.30. The van der Waals surface area contributed by atoms with Crippen LogP contribution in [0.15, 0.2) is 55.1 Å². The van der Waals surface area contributed by atoms with Gasteiger partial charge in [0.2, 0.25) is 5.91 Å². The van der Waals surface area contributed by atoms with Crippen molar-refractivity contribution in [2.45, 2.75) is 13.1 Å². The number of amides is 1. The van der Waals surface area contributed by atoms with E-state index in [4.69, 9.17) is 5.11 Å². The van der Waals surface area contributed by atoms with Crippen molar-refractivity contribution >= 4 is 17.6 Å². The number of anilines is 1. The topological polar surface area (TPSA) is 102 Å². The molecule has 0 atom stereocenters. The van der Waals surface area contributed by atoms with E-state index >= 15 is 0 Å². The molecule has 0 aliphatic carbocycles. The van der Waals surface area contributed by atoms with Crippen LogP contribution in [0.4, 0.5) is 5.69 Å². The van der Waals surface area contributed by atoms with Crippen LogP contribution in [0.2, 0.25) is 0 Å². The molecule has 8 nitrogen and oxygen atoms in total. The molecule has 24 heavy (non-hydrogen) atoms. The van der Waals surface area contributed by atoms with Crippen molar-refractivity contribution in [3.05, 3.63) is 66.2 Å². The second kappa shape index (κ2) is 6.78. The minimum atomic E-state index is -1.08. The van der Waals surface area contributed by atoms with Gasteiger partial charge in [0.1, 0.15) is 6.54 Å². The minimum Gasteiger partial charge on any atom is -0.478 e. The highest BCUT2D eigenvalue weighted by molar-refractivity contribution is 5.91. The van der Waals surface area contributed by atoms with Gasteiger partial charge >= 0.3 is 5.97 Å². The number of benzene rings is 1. The Bertz CT molecular complexity index is 854. The van der Waals surface area contributed by atoms with Crippen molar-refractivity contribution in [1.82, 2.24) is 19.6 Å². The van der Waals surface area contributed by atoms with Gasteiger partial charge in [-0.25, -0.2) is 4.79 Å². The molecule has 2 aromatic heterocycles. The highest BCUT2D eigenvalue weighted by Gasteiger charge is 2.09. The van der Waals surface area contributed by atoms with E-state index < -0.39 is 5.97 Å². The third kappa shape index (κ3) is 3.86. The van der Waals surface area contributed by atoms with Gasteiger partial charge in [0.25, 0.3) is 0 Å². The number of carbonyl (C=O) groups excluding carboxylic acids is 1. The zero-order chi connectivity index (χ0) is 16.9. The Kier molecular flexibility index (Phi) is 4.37. The molecular weight excluding hydrogens is 310 g/mol. The van der Waals surface area contributed by atoms with E-state index in [1.54, 1.807) is 16.9 Å².